The summed E-state index contributed by atoms with van der Waals surface area (Å²) in [6, 6.07) is 7.87. The lowest BCUT2D eigenvalue weighted by Gasteiger charge is -2.13. The number of nitrogens with zero attached hydrogens (tertiary/aromatic N) is 2. The van der Waals surface area contributed by atoms with Gasteiger partial charge in [-0.2, -0.15) is 5.10 Å². The molecule has 1 aromatic heterocycles. The van der Waals surface area contributed by atoms with E-state index in [0.29, 0.717) is 12.5 Å². The first-order valence-corrected chi connectivity index (χ1v) is 6.08. The van der Waals surface area contributed by atoms with Crippen molar-refractivity contribution in [1.29, 1.82) is 0 Å². The molecule has 0 radical (unpaired) electrons. The van der Waals surface area contributed by atoms with Crippen molar-refractivity contribution in [3.05, 3.63) is 41.7 Å². The highest BCUT2D eigenvalue weighted by molar-refractivity contribution is 5.41. The normalized spacial score (nSPS) is 10.9. The predicted octanol–water partition coefficient (Wildman–Crippen LogP) is 2.46. The van der Waals surface area contributed by atoms with E-state index < -0.39 is 0 Å². The standard InChI is InChI=1S/C14H19N3O/c1-10(2)14-11(8-15)9-16-17(14)12-5-4-6-13(7-12)18-3/h4-7,9-10H,8,15H2,1-3H3. The highest BCUT2D eigenvalue weighted by Gasteiger charge is 2.14. The van der Waals surface area contributed by atoms with Crippen molar-refractivity contribution < 1.29 is 4.74 Å². The third-order valence-corrected chi connectivity index (χ3v) is 2.95. The Kier molecular flexibility index (Phi) is 3.67. The van der Waals surface area contributed by atoms with Gasteiger partial charge in [-0.05, 0) is 18.1 Å². The van der Waals surface area contributed by atoms with Gasteiger partial charge in [-0.25, -0.2) is 4.68 Å². The molecule has 0 unspecified atom stereocenters. The monoisotopic (exact) mass is 245 g/mol. The molecule has 0 atom stereocenters. The summed E-state index contributed by atoms with van der Waals surface area (Å²) in [5.74, 6) is 1.20. The molecule has 1 heterocycles. The SMILES string of the molecule is COc1cccc(-n2ncc(CN)c2C(C)C)c1. The molecule has 96 valence electrons. The third-order valence-electron chi connectivity index (χ3n) is 2.95. The second-order valence-electron chi connectivity index (χ2n) is 4.53. The van der Waals surface area contributed by atoms with Crippen molar-refractivity contribution in [1.82, 2.24) is 9.78 Å². The molecule has 2 N–H and O–H groups in total. The van der Waals surface area contributed by atoms with Crippen LogP contribution in [0.2, 0.25) is 0 Å². The van der Waals surface area contributed by atoms with E-state index in [2.05, 4.69) is 18.9 Å². The van der Waals surface area contributed by atoms with E-state index in [9.17, 15) is 0 Å². The number of hydrogen-bond acceptors (Lipinski definition) is 3. The topological polar surface area (TPSA) is 53.1 Å². The summed E-state index contributed by atoms with van der Waals surface area (Å²) >= 11 is 0. The van der Waals surface area contributed by atoms with Crippen molar-refractivity contribution in [2.24, 2.45) is 5.73 Å². The van der Waals surface area contributed by atoms with Gasteiger partial charge >= 0.3 is 0 Å². The summed E-state index contributed by atoms with van der Waals surface area (Å²) in [6.07, 6.45) is 1.84. The van der Waals surface area contributed by atoms with Crippen LogP contribution in [0.3, 0.4) is 0 Å². The number of benzene rings is 1. The first kappa shape index (κ1) is 12.6. The van der Waals surface area contributed by atoms with Crippen LogP contribution in [0, 0.1) is 0 Å². The highest BCUT2D eigenvalue weighted by atomic mass is 16.5. The second-order valence-corrected chi connectivity index (χ2v) is 4.53. The number of ether oxygens (including phenoxy) is 1. The summed E-state index contributed by atoms with van der Waals surface area (Å²) in [7, 11) is 1.66. The van der Waals surface area contributed by atoms with Gasteiger partial charge in [-0.3, -0.25) is 0 Å². The van der Waals surface area contributed by atoms with Crippen molar-refractivity contribution in [2.45, 2.75) is 26.3 Å². The molecule has 0 aliphatic heterocycles. The molecule has 0 saturated carbocycles. The van der Waals surface area contributed by atoms with Crippen LogP contribution < -0.4 is 10.5 Å². The second kappa shape index (κ2) is 5.23. The lowest BCUT2D eigenvalue weighted by Crippen LogP contribution is -2.07. The fourth-order valence-electron chi connectivity index (χ4n) is 2.11. The predicted molar refractivity (Wildman–Crippen MR) is 72.1 cm³/mol. The molecule has 0 amide bonds. The molecule has 2 rings (SSSR count). The first-order valence-electron chi connectivity index (χ1n) is 6.08. The Bertz CT molecular complexity index is 532. The van der Waals surface area contributed by atoms with E-state index in [4.69, 9.17) is 10.5 Å². The van der Waals surface area contributed by atoms with Crippen LogP contribution >= 0.6 is 0 Å². The Morgan fingerprint density at radius 3 is 2.78 bits per heavy atom. The molecule has 1 aromatic carbocycles. The van der Waals surface area contributed by atoms with Crippen LogP contribution in [-0.4, -0.2) is 16.9 Å². The van der Waals surface area contributed by atoms with Gasteiger partial charge < -0.3 is 10.5 Å². The van der Waals surface area contributed by atoms with Crippen LogP contribution in [0.15, 0.2) is 30.5 Å². The Morgan fingerprint density at radius 1 is 1.39 bits per heavy atom. The van der Waals surface area contributed by atoms with Crippen molar-refractivity contribution in [3.63, 3.8) is 0 Å². The van der Waals surface area contributed by atoms with Crippen LogP contribution in [0.5, 0.6) is 5.75 Å². The molecular formula is C14H19N3O. The molecule has 0 saturated heterocycles. The quantitative estimate of drug-likeness (QED) is 0.900. The smallest absolute Gasteiger partial charge is 0.121 e. The Morgan fingerprint density at radius 2 is 2.17 bits per heavy atom. The maximum atomic E-state index is 5.76. The molecule has 0 bridgehead atoms. The van der Waals surface area contributed by atoms with Gasteiger partial charge in [0.05, 0.1) is 24.7 Å². The van der Waals surface area contributed by atoms with E-state index in [1.54, 1.807) is 7.11 Å². The Hall–Kier alpha value is -1.81. The highest BCUT2D eigenvalue weighted by Crippen LogP contribution is 2.24. The zero-order valence-electron chi connectivity index (χ0n) is 11.1. The lowest BCUT2D eigenvalue weighted by molar-refractivity contribution is 0.414. The van der Waals surface area contributed by atoms with Gasteiger partial charge in [0, 0.05) is 18.2 Å². The van der Waals surface area contributed by atoms with Crippen molar-refractivity contribution in [3.8, 4) is 11.4 Å². The van der Waals surface area contributed by atoms with Crippen molar-refractivity contribution in [2.75, 3.05) is 7.11 Å². The van der Waals surface area contributed by atoms with Crippen molar-refractivity contribution >= 4 is 0 Å². The summed E-state index contributed by atoms with van der Waals surface area (Å²) in [5.41, 5.74) is 9.00. The van der Waals surface area contributed by atoms with Crippen LogP contribution in [0.1, 0.15) is 31.0 Å². The molecule has 4 nitrogen and oxygen atoms in total. The average Bonchev–Trinajstić information content (AvgIpc) is 2.82. The molecule has 0 aliphatic rings. The van der Waals surface area contributed by atoms with E-state index in [1.807, 2.05) is 35.1 Å². The molecule has 0 fully saturated rings. The number of methoxy groups -OCH3 is 1. The van der Waals surface area contributed by atoms with Gasteiger partial charge in [-0.15, -0.1) is 0 Å². The van der Waals surface area contributed by atoms with E-state index in [0.717, 1.165) is 22.7 Å². The Balaban J connectivity index is 2.52. The van der Waals surface area contributed by atoms with Gasteiger partial charge in [-0.1, -0.05) is 19.9 Å². The summed E-state index contributed by atoms with van der Waals surface area (Å²) in [6.45, 7) is 4.80. The van der Waals surface area contributed by atoms with Gasteiger partial charge in [0.2, 0.25) is 0 Å². The first-order chi connectivity index (χ1) is 8.67. The van der Waals surface area contributed by atoms with Crippen LogP contribution in [0.25, 0.3) is 5.69 Å². The number of hydrogen-bond donors (Lipinski definition) is 1. The largest absolute Gasteiger partial charge is 0.497 e. The van der Waals surface area contributed by atoms with Gasteiger partial charge in [0.1, 0.15) is 5.75 Å². The lowest BCUT2D eigenvalue weighted by atomic mass is 10.1. The molecule has 0 spiro atoms. The zero-order valence-corrected chi connectivity index (χ0v) is 11.1. The molecule has 4 heteroatoms. The minimum Gasteiger partial charge on any atom is -0.497 e. The van der Waals surface area contributed by atoms with Crippen LogP contribution in [0.4, 0.5) is 0 Å². The van der Waals surface area contributed by atoms with E-state index >= 15 is 0 Å². The number of nitrogens with two attached hydrogens (primary N) is 1. The summed E-state index contributed by atoms with van der Waals surface area (Å²) < 4.78 is 7.18. The van der Waals surface area contributed by atoms with E-state index in [-0.39, 0.29) is 0 Å². The summed E-state index contributed by atoms with van der Waals surface area (Å²) in [5, 5.41) is 4.43. The minimum absolute atomic E-state index is 0.372. The van der Waals surface area contributed by atoms with E-state index in [1.165, 1.54) is 0 Å². The van der Waals surface area contributed by atoms with Gasteiger partial charge in [0.25, 0.3) is 0 Å². The molecule has 18 heavy (non-hydrogen) atoms. The summed E-state index contributed by atoms with van der Waals surface area (Å²) in [4.78, 5) is 0. The molecule has 0 aliphatic carbocycles. The average molecular weight is 245 g/mol. The molecule has 2 aromatic rings. The minimum atomic E-state index is 0.372. The number of aromatic nitrogens is 2. The number of rotatable bonds is 4. The molecular weight excluding hydrogens is 226 g/mol. The third kappa shape index (κ3) is 2.24. The van der Waals surface area contributed by atoms with Gasteiger partial charge in [0.15, 0.2) is 0 Å². The van der Waals surface area contributed by atoms with Crippen LogP contribution in [-0.2, 0) is 6.54 Å². The fraction of sp³-hybridized carbons (Fsp3) is 0.357. The Labute approximate surface area is 107 Å². The zero-order chi connectivity index (χ0) is 13.1. The maximum absolute atomic E-state index is 5.76. The maximum Gasteiger partial charge on any atom is 0.121 e. The fourth-order valence-corrected chi connectivity index (χ4v) is 2.11.